The molecule has 0 aliphatic carbocycles. The Morgan fingerprint density at radius 3 is 2.04 bits per heavy atom. The Kier molecular flexibility index (Phi) is 5.93. The van der Waals surface area contributed by atoms with Crippen LogP contribution in [-0.2, 0) is 9.63 Å². The minimum atomic E-state index is -0.220. The van der Waals surface area contributed by atoms with Crippen LogP contribution in [0, 0.1) is 0 Å². The van der Waals surface area contributed by atoms with E-state index < -0.39 is 0 Å². The number of hydroxylamine groups is 2. The van der Waals surface area contributed by atoms with Crippen molar-refractivity contribution in [2.45, 2.75) is 84.5 Å². The predicted octanol–water partition coefficient (Wildman–Crippen LogP) is 4.29. The summed E-state index contributed by atoms with van der Waals surface area (Å²) >= 11 is 0. The molecule has 0 spiro atoms. The lowest BCUT2D eigenvalue weighted by Crippen LogP contribution is -2.64. The molecule has 1 aliphatic rings. The van der Waals surface area contributed by atoms with Crippen LogP contribution < -0.4 is 5.32 Å². The number of carbonyl (C=O) groups is 2. The highest BCUT2D eigenvalue weighted by atomic mass is 16.7. The van der Waals surface area contributed by atoms with E-state index in [1.54, 1.807) is 13.8 Å². The van der Waals surface area contributed by atoms with Crippen molar-refractivity contribution in [3.8, 4) is 0 Å². The van der Waals surface area contributed by atoms with Crippen LogP contribution in [0.2, 0.25) is 0 Å². The van der Waals surface area contributed by atoms with Crippen LogP contribution >= 0.6 is 0 Å². The van der Waals surface area contributed by atoms with E-state index in [1.807, 2.05) is 31.2 Å². The molecule has 1 atom stereocenters. The van der Waals surface area contributed by atoms with E-state index in [-0.39, 0.29) is 36.3 Å². The number of amides is 1. The van der Waals surface area contributed by atoms with Gasteiger partial charge in [0.1, 0.15) is 6.10 Å². The molecule has 0 aromatic heterocycles. The van der Waals surface area contributed by atoms with Gasteiger partial charge in [0.05, 0.1) is 0 Å². The van der Waals surface area contributed by atoms with Crippen molar-refractivity contribution < 1.29 is 15.9 Å². The first-order valence-corrected chi connectivity index (χ1v) is 9.27. The molecule has 26 heavy (non-hydrogen) atoms. The van der Waals surface area contributed by atoms with Crippen LogP contribution in [0.15, 0.2) is 24.3 Å². The molecule has 1 N–H and O–H groups in total. The average Bonchev–Trinajstić information content (AvgIpc) is 2.49. The fourth-order valence-electron chi connectivity index (χ4n) is 4.15. The molecule has 146 valence electrons. The van der Waals surface area contributed by atoms with Gasteiger partial charge in [-0.15, -0.1) is 0 Å². The Labute approximate surface area is 158 Å². The van der Waals surface area contributed by atoms with Crippen LogP contribution in [0.25, 0.3) is 0 Å². The number of nitrogens with one attached hydrogen (secondary N) is 1. The second-order valence-corrected chi connectivity index (χ2v) is 8.65. The summed E-state index contributed by atoms with van der Waals surface area (Å²) in [6.07, 6.45) is 1.52. The lowest BCUT2D eigenvalue weighted by molar-refractivity contribution is -0.306. The summed E-state index contributed by atoms with van der Waals surface area (Å²) in [4.78, 5) is 29.3. The van der Waals surface area contributed by atoms with E-state index in [1.165, 1.54) is 0 Å². The van der Waals surface area contributed by atoms with Crippen LogP contribution in [0.3, 0.4) is 0 Å². The number of hydrogen-bond donors (Lipinski definition) is 1. The number of hydrogen-bond acceptors (Lipinski definition) is 4. The van der Waals surface area contributed by atoms with Crippen molar-refractivity contribution in [2.24, 2.45) is 0 Å². The van der Waals surface area contributed by atoms with Crippen LogP contribution in [0.1, 0.15) is 84.8 Å². The van der Waals surface area contributed by atoms with E-state index in [9.17, 15) is 9.59 Å². The zero-order valence-electron chi connectivity index (χ0n) is 17.1. The molecule has 1 aromatic rings. The molecule has 1 fully saturated rings. The first-order chi connectivity index (χ1) is 11.9. The molecule has 0 radical (unpaired) electrons. The molecule has 1 saturated heterocycles. The predicted molar refractivity (Wildman–Crippen MR) is 105 cm³/mol. The zero-order chi connectivity index (χ0) is 19.7. The Morgan fingerprint density at radius 2 is 1.62 bits per heavy atom. The molecule has 0 saturated carbocycles. The first kappa shape index (κ1) is 20.6. The third-order valence-electron chi connectivity index (χ3n) is 5.05. The van der Waals surface area contributed by atoms with Crippen molar-refractivity contribution in [3.05, 3.63) is 35.4 Å². The number of ketones is 1. The van der Waals surface area contributed by atoms with Gasteiger partial charge in [-0.05, 0) is 59.9 Å². The average molecular weight is 363 g/mol. The summed E-state index contributed by atoms with van der Waals surface area (Å²) in [5, 5.41) is 5.15. The molecule has 2 rings (SSSR count). The highest BCUT2D eigenvalue weighted by molar-refractivity contribution is 5.94. The van der Waals surface area contributed by atoms with Gasteiger partial charge in [-0.2, -0.15) is 5.06 Å². The Bertz CT molecular complexity index is 653. The fraction of sp³-hybridized carbons (Fsp3) is 0.619. The van der Waals surface area contributed by atoms with E-state index in [2.05, 4.69) is 38.1 Å². The molecule has 1 unspecified atom stereocenters. The summed E-state index contributed by atoms with van der Waals surface area (Å²) in [6.45, 7) is 13.7. The van der Waals surface area contributed by atoms with Crippen molar-refractivity contribution in [2.75, 3.05) is 0 Å². The van der Waals surface area contributed by atoms with Gasteiger partial charge >= 0.3 is 0 Å². The van der Waals surface area contributed by atoms with Gasteiger partial charge in [0, 0.05) is 31.0 Å². The maximum Gasteiger partial charge on any atom is 0.217 e. The van der Waals surface area contributed by atoms with Crippen molar-refractivity contribution in [3.63, 3.8) is 0 Å². The topological polar surface area (TPSA) is 58.6 Å². The van der Waals surface area contributed by atoms with Gasteiger partial charge in [-0.3, -0.25) is 14.4 Å². The van der Waals surface area contributed by atoms with Gasteiger partial charge in [-0.25, -0.2) is 0 Å². The second kappa shape index (κ2) is 7.49. The van der Waals surface area contributed by atoms with Crippen LogP contribution in [0.4, 0.5) is 0 Å². The second-order valence-electron chi connectivity index (χ2n) is 8.65. The maximum atomic E-state index is 11.5. The summed E-state index contributed by atoms with van der Waals surface area (Å²) in [5.41, 5.74) is 1.30. The van der Waals surface area contributed by atoms with Gasteiger partial charge in [0.25, 0.3) is 0 Å². The fourth-order valence-corrected chi connectivity index (χ4v) is 4.15. The molecule has 0 bridgehead atoms. The van der Waals surface area contributed by atoms with Gasteiger partial charge in [0.2, 0.25) is 5.91 Å². The minimum Gasteiger partial charge on any atom is -0.353 e. The van der Waals surface area contributed by atoms with Gasteiger partial charge < -0.3 is 5.32 Å². The highest BCUT2D eigenvalue weighted by Gasteiger charge is 2.47. The molecular formula is C21H34N2O3. The van der Waals surface area contributed by atoms with Crippen molar-refractivity contribution >= 4 is 11.7 Å². The number of nitrogens with zero attached hydrogens (tertiary/aromatic N) is 1. The van der Waals surface area contributed by atoms with Gasteiger partial charge in [0.15, 0.2) is 5.78 Å². The zero-order valence-corrected chi connectivity index (χ0v) is 17.1. The summed E-state index contributed by atoms with van der Waals surface area (Å²) in [5.74, 6) is 0.0716. The monoisotopic (exact) mass is 362 g/mol. The van der Waals surface area contributed by atoms with E-state index in [0.29, 0.717) is 5.56 Å². The minimum absolute atomic E-state index is 0. The molecule has 1 aromatic carbocycles. The molecule has 1 aliphatic heterocycles. The lowest BCUT2D eigenvalue weighted by Gasteiger charge is -2.54. The number of carbonyl (C=O) groups excluding carboxylic acids is 2. The number of Topliss-reactive ketones (excluding diaryl/α,β-unsaturated/α-hetero) is 1. The quantitative estimate of drug-likeness (QED) is 0.794. The van der Waals surface area contributed by atoms with Crippen LogP contribution in [0.5, 0.6) is 0 Å². The number of piperidine rings is 1. The SMILES string of the molecule is CC(=O)NC1CC(C)(C)N(OC(C)c2ccc(C(C)=O)cc2)C(C)(C)C1.[HH]. The summed E-state index contributed by atoms with van der Waals surface area (Å²) in [6, 6.07) is 7.73. The van der Waals surface area contributed by atoms with Crippen molar-refractivity contribution in [1.82, 2.24) is 10.4 Å². The highest BCUT2D eigenvalue weighted by Crippen LogP contribution is 2.40. The number of benzene rings is 1. The van der Waals surface area contributed by atoms with E-state index in [4.69, 9.17) is 4.84 Å². The van der Waals surface area contributed by atoms with E-state index >= 15 is 0 Å². The molecule has 1 heterocycles. The third kappa shape index (κ3) is 4.71. The molecule has 1 amide bonds. The Hall–Kier alpha value is -1.72. The Morgan fingerprint density at radius 1 is 1.12 bits per heavy atom. The van der Waals surface area contributed by atoms with Crippen molar-refractivity contribution in [1.29, 1.82) is 0 Å². The maximum absolute atomic E-state index is 11.5. The first-order valence-electron chi connectivity index (χ1n) is 9.27. The molecule has 5 heteroatoms. The largest absolute Gasteiger partial charge is 0.353 e. The Balaban J connectivity index is 0.00000364. The molecule has 5 nitrogen and oxygen atoms in total. The summed E-state index contributed by atoms with van der Waals surface area (Å²) < 4.78 is 0. The number of rotatable bonds is 5. The third-order valence-corrected chi connectivity index (χ3v) is 5.05. The van der Waals surface area contributed by atoms with Crippen LogP contribution in [-0.4, -0.2) is 33.9 Å². The smallest absolute Gasteiger partial charge is 0.217 e. The molecular weight excluding hydrogens is 328 g/mol. The normalized spacial score (nSPS) is 21.2. The summed E-state index contributed by atoms with van der Waals surface area (Å²) in [7, 11) is 0. The lowest BCUT2D eigenvalue weighted by atomic mass is 9.79. The standard InChI is InChI=1S/C21H32N2O3.H2/c1-14(24)17-8-10-18(11-9-17)15(2)26-23-20(4,5)12-19(22-16(3)25)13-21(23,6)7;/h8-11,15,19H,12-13H2,1-7H3,(H,22,25);1H. The van der Waals surface area contributed by atoms with E-state index in [0.717, 1.165) is 18.4 Å². The van der Waals surface area contributed by atoms with Gasteiger partial charge in [-0.1, -0.05) is 24.3 Å².